The van der Waals surface area contributed by atoms with Crippen molar-refractivity contribution in [2.75, 3.05) is 18.4 Å². The fourth-order valence-corrected chi connectivity index (χ4v) is 2.33. The number of nitrogens with one attached hydrogen (secondary N) is 2. The summed E-state index contributed by atoms with van der Waals surface area (Å²) in [6.07, 6.45) is 2.14. The SMILES string of the molecule is CC(C)CCNc1nc(Br)nc2c1CNCC2. The molecule has 0 saturated carbocycles. The molecule has 0 fully saturated rings. The second-order valence-corrected chi connectivity index (χ2v) is 5.51. The van der Waals surface area contributed by atoms with Crippen molar-refractivity contribution in [3.05, 3.63) is 16.0 Å². The molecule has 1 aromatic heterocycles. The van der Waals surface area contributed by atoms with E-state index in [4.69, 9.17) is 0 Å². The van der Waals surface area contributed by atoms with Crippen LogP contribution in [0, 0.1) is 5.92 Å². The minimum absolute atomic E-state index is 0.685. The third-order valence-electron chi connectivity index (χ3n) is 2.92. The van der Waals surface area contributed by atoms with Gasteiger partial charge in [-0.25, -0.2) is 9.97 Å². The van der Waals surface area contributed by atoms with E-state index in [2.05, 4.69) is 50.4 Å². The quantitative estimate of drug-likeness (QED) is 0.838. The van der Waals surface area contributed by atoms with Crippen LogP contribution in [0.5, 0.6) is 0 Å². The van der Waals surface area contributed by atoms with E-state index in [-0.39, 0.29) is 0 Å². The molecule has 4 nitrogen and oxygen atoms in total. The fourth-order valence-electron chi connectivity index (χ4n) is 1.94. The van der Waals surface area contributed by atoms with E-state index < -0.39 is 0 Å². The van der Waals surface area contributed by atoms with Crippen molar-refractivity contribution in [3.63, 3.8) is 0 Å². The predicted molar refractivity (Wildman–Crippen MR) is 73.1 cm³/mol. The molecule has 0 aliphatic carbocycles. The van der Waals surface area contributed by atoms with Crippen molar-refractivity contribution in [2.24, 2.45) is 5.92 Å². The first kappa shape index (κ1) is 12.8. The molecule has 0 unspecified atom stereocenters. The number of rotatable bonds is 4. The standard InChI is InChI=1S/C12H19BrN4/c1-8(2)3-6-15-11-9-7-14-5-4-10(9)16-12(13)17-11/h8,14H,3-7H2,1-2H3,(H,15,16,17). The van der Waals surface area contributed by atoms with E-state index in [0.29, 0.717) is 10.7 Å². The Morgan fingerprint density at radius 2 is 2.24 bits per heavy atom. The number of anilines is 1. The molecule has 2 N–H and O–H groups in total. The Balaban J connectivity index is 2.12. The fraction of sp³-hybridized carbons (Fsp3) is 0.667. The van der Waals surface area contributed by atoms with Crippen LogP contribution in [0.1, 0.15) is 31.5 Å². The molecule has 0 radical (unpaired) electrons. The van der Waals surface area contributed by atoms with E-state index in [0.717, 1.165) is 44.0 Å². The van der Waals surface area contributed by atoms with Crippen molar-refractivity contribution in [3.8, 4) is 0 Å². The highest BCUT2D eigenvalue weighted by molar-refractivity contribution is 9.10. The van der Waals surface area contributed by atoms with Gasteiger partial charge in [-0.3, -0.25) is 0 Å². The predicted octanol–water partition coefficient (Wildman–Crippen LogP) is 2.34. The smallest absolute Gasteiger partial charge is 0.198 e. The molecule has 0 aromatic carbocycles. The molecule has 0 atom stereocenters. The van der Waals surface area contributed by atoms with Crippen LogP contribution >= 0.6 is 15.9 Å². The summed E-state index contributed by atoms with van der Waals surface area (Å²) in [5.74, 6) is 1.69. The molecular weight excluding hydrogens is 280 g/mol. The maximum atomic E-state index is 4.44. The van der Waals surface area contributed by atoms with Crippen molar-refractivity contribution in [1.82, 2.24) is 15.3 Å². The molecule has 0 spiro atoms. The highest BCUT2D eigenvalue weighted by atomic mass is 79.9. The molecule has 0 amide bonds. The Labute approximate surface area is 111 Å². The van der Waals surface area contributed by atoms with Crippen LogP contribution in [0.15, 0.2) is 4.73 Å². The van der Waals surface area contributed by atoms with Crippen LogP contribution < -0.4 is 10.6 Å². The largest absolute Gasteiger partial charge is 0.370 e. The van der Waals surface area contributed by atoms with Crippen LogP contribution in [0.2, 0.25) is 0 Å². The second kappa shape index (κ2) is 5.78. The van der Waals surface area contributed by atoms with Gasteiger partial charge in [-0.15, -0.1) is 0 Å². The van der Waals surface area contributed by atoms with Gasteiger partial charge in [0.05, 0.1) is 5.69 Å². The lowest BCUT2D eigenvalue weighted by Gasteiger charge is -2.20. The summed E-state index contributed by atoms with van der Waals surface area (Å²) in [4.78, 5) is 8.88. The lowest BCUT2D eigenvalue weighted by Crippen LogP contribution is -2.26. The van der Waals surface area contributed by atoms with E-state index in [1.165, 1.54) is 5.56 Å². The summed E-state index contributed by atoms with van der Waals surface area (Å²) in [7, 11) is 0. The molecule has 1 aromatic rings. The summed E-state index contributed by atoms with van der Waals surface area (Å²) in [5.41, 5.74) is 2.39. The van der Waals surface area contributed by atoms with E-state index in [1.54, 1.807) is 0 Å². The van der Waals surface area contributed by atoms with Gasteiger partial charge in [0.25, 0.3) is 0 Å². The van der Waals surface area contributed by atoms with E-state index in [9.17, 15) is 0 Å². The first-order valence-electron chi connectivity index (χ1n) is 6.16. The average Bonchev–Trinajstić information content (AvgIpc) is 2.28. The zero-order valence-corrected chi connectivity index (χ0v) is 12.0. The minimum Gasteiger partial charge on any atom is -0.370 e. The monoisotopic (exact) mass is 298 g/mol. The number of nitrogens with zero attached hydrogens (tertiary/aromatic N) is 2. The maximum absolute atomic E-state index is 4.44. The molecule has 1 aliphatic rings. The van der Waals surface area contributed by atoms with E-state index in [1.807, 2.05) is 0 Å². The molecule has 17 heavy (non-hydrogen) atoms. The Bertz CT molecular complexity index is 392. The molecule has 94 valence electrons. The second-order valence-electron chi connectivity index (χ2n) is 4.80. The first-order chi connectivity index (χ1) is 8.16. The summed E-state index contributed by atoms with van der Waals surface area (Å²) >= 11 is 3.38. The van der Waals surface area contributed by atoms with Gasteiger partial charge in [0.2, 0.25) is 0 Å². The highest BCUT2D eigenvalue weighted by Crippen LogP contribution is 2.22. The third-order valence-corrected chi connectivity index (χ3v) is 3.27. The lowest BCUT2D eigenvalue weighted by molar-refractivity contribution is 0.601. The van der Waals surface area contributed by atoms with Gasteiger partial charge >= 0.3 is 0 Å². The van der Waals surface area contributed by atoms with Gasteiger partial charge < -0.3 is 10.6 Å². The number of halogens is 1. The molecule has 2 heterocycles. The summed E-state index contributed by atoms with van der Waals surface area (Å²) < 4.78 is 0.685. The number of hydrogen-bond acceptors (Lipinski definition) is 4. The minimum atomic E-state index is 0.685. The highest BCUT2D eigenvalue weighted by Gasteiger charge is 2.16. The summed E-state index contributed by atoms with van der Waals surface area (Å²) in [6.45, 7) is 7.30. The number of fused-ring (bicyclic) bond motifs is 1. The molecule has 0 saturated heterocycles. The van der Waals surface area contributed by atoms with Crippen molar-refractivity contribution in [2.45, 2.75) is 33.2 Å². The Morgan fingerprint density at radius 3 is 3.00 bits per heavy atom. The molecule has 1 aliphatic heterocycles. The van der Waals surface area contributed by atoms with Crippen LogP contribution in [0.25, 0.3) is 0 Å². The Kier molecular flexibility index (Phi) is 4.34. The van der Waals surface area contributed by atoms with Crippen molar-refractivity contribution < 1.29 is 0 Å². The average molecular weight is 299 g/mol. The lowest BCUT2D eigenvalue weighted by atomic mass is 10.1. The van der Waals surface area contributed by atoms with Crippen molar-refractivity contribution in [1.29, 1.82) is 0 Å². The van der Waals surface area contributed by atoms with Crippen LogP contribution in [0.3, 0.4) is 0 Å². The van der Waals surface area contributed by atoms with Crippen LogP contribution in [0.4, 0.5) is 5.82 Å². The maximum Gasteiger partial charge on any atom is 0.198 e. The van der Waals surface area contributed by atoms with Crippen LogP contribution in [-0.2, 0) is 13.0 Å². The third kappa shape index (κ3) is 3.39. The molecule has 5 heteroatoms. The van der Waals surface area contributed by atoms with Gasteiger partial charge in [0.1, 0.15) is 5.82 Å². The topological polar surface area (TPSA) is 49.8 Å². The van der Waals surface area contributed by atoms with Gasteiger partial charge in [-0.1, -0.05) is 13.8 Å². The number of aromatic nitrogens is 2. The van der Waals surface area contributed by atoms with E-state index >= 15 is 0 Å². The Hall–Kier alpha value is -0.680. The summed E-state index contributed by atoms with van der Waals surface area (Å²) in [6, 6.07) is 0. The zero-order valence-electron chi connectivity index (χ0n) is 10.4. The zero-order chi connectivity index (χ0) is 12.3. The van der Waals surface area contributed by atoms with Gasteiger partial charge in [0.15, 0.2) is 4.73 Å². The summed E-state index contributed by atoms with van der Waals surface area (Å²) in [5, 5.41) is 6.79. The van der Waals surface area contributed by atoms with Gasteiger partial charge in [-0.05, 0) is 28.3 Å². The van der Waals surface area contributed by atoms with Crippen LogP contribution in [-0.4, -0.2) is 23.1 Å². The molecule has 0 bridgehead atoms. The molecule has 2 rings (SSSR count). The van der Waals surface area contributed by atoms with Gasteiger partial charge in [0, 0.05) is 31.6 Å². The first-order valence-corrected chi connectivity index (χ1v) is 6.96. The Morgan fingerprint density at radius 1 is 1.41 bits per heavy atom. The van der Waals surface area contributed by atoms with Crippen molar-refractivity contribution >= 4 is 21.7 Å². The number of hydrogen-bond donors (Lipinski definition) is 2. The van der Waals surface area contributed by atoms with Gasteiger partial charge in [-0.2, -0.15) is 0 Å². The molecular formula is C12H19BrN4. The normalized spacial score (nSPS) is 14.8.